The van der Waals surface area contributed by atoms with Crippen LogP contribution in [0.5, 0.6) is 11.5 Å². The molecule has 172 valence electrons. The molecular weight excluding hydrogens is 410 g/mol. The third-order valence-corrected chi connectivity index (χ3v) is 6.47. The third-order valence-electron chi connectivity index (χ3n) is 6.47. The zero-order chi connectivity index (χ0) is 22.5. The number of benzene rings is 1. The van der Waals surface area contributed by atoms with Gasteiger partial charge in [0.25, 0.3) is 5.91 Å². The van der Waals surface area contributed by atoms with Gasteiger partial charge in [-0.3, -0.25) is 9.59 Å². The van der Waals surface area contributed by atoms with Gasteiger partial charge in [0.1, 0.15) is 11.5 Å². The highest BCUT2D eigenvalue weighted by Gasteiger charge is 2.31. The molecule has 1 aliphatic heterocycles. The molecule has 2 fully saturated rings. The van der Waals surface area contributed by atoms with Gasteiger partial charge in [0.2, 0.25) is 11.7 Å². The summed E-state index contributed by atoms with van der Waals surface area (Å²) in [4.78, 5) is 27.6. The van der Waals surface area contributed by atoms with Crippen LogP contribution in [0.25, 0.3) is 0 Å². The Morgan fingerprint density at radius 1 is 1.00 bits per heavy atom. The molecule has 4 rings (SSSR count). The summed E-state index contributed by atoms with van der Waals surface area (Å²) in [6.45, 7) is 1.44. The Morgan fingerprint density at radius 2 is 1.72 bits per heavy atom. The summed E-state index contributed by atoms with van der Waals surface area (Å²) in [5, 5.41) is 6.95. The number of likely N-dealkylation sites (tertiary alicyclic amines) is 1. The number of aromatic nitrogens is 1. The third kappa shape index (κ3) is 5.06. The van der Waals surface area contributed by atoms with Crippen molar-refractivity contribution in [2.75, 3.05) is 32.6 Å². The highest BCUT2D eigenvalue weighted by molar-refractivity contribution is 6.02. The van der Waals surface area contributed by atoms with Crippen LogP contribution in [0, 0.1) is 5.92 Å². The van der Waals surface area contributed by atoms with E-state index in [0.717, 1.165) is 50.8 Å². The number of hydrogen-bond acceptors (Lipinski definition) is 6. The molecule has 0 unspecified atom stereocenters. The lowest BCUT2D eigenvalue weighted by molar-refractivity contribution is -0.137. The van der Waals surface area contributed by atoms with Gasteiger partial charge in [-0.25, -0.2) is 0 Å². The average molecular weight is 442 g/mol. The Hall–Kier alpha value is -3.03. The maximum atomic E-state index is 12.9. The average Bonchev–Trinajstić information content (AvgIpc) is 3.34. The fourth-order valence-corrected chi connectivity index (χ4v) is 4.69. The van der Waals surface area contributed by atoms with E-state index in [9.17, 15) is 9.59 Å². The van der Waals surface area contributed by atoms with Crippen molar-refractivity contribution in [3.8, 4) is 11.5 Å². The number of methoxy groups -OCH3 is 2. The van der Waals surface area contributed by atoms with Gasteiger partial charge < -0.3 is 24.2 Å². The van der Waals surface area contributed by atoms with Crippen molar-refractivity contribution in [2.24, 2.45) is 5.92 Å². The highest BCUT2D eigenvalue weighted by Crippen LogP contribution is 2.31. The van der Waals surface area contributed by atoms with Crippen molar-refractivity contribution in [3.05, 3.63) is 35.7 Å². The first-order valence-corrected chi connectivity index (χ1v) is 11.4. The number of carbonyl (C=O) groups is 2. The van der Waals surface area contributed by atoms with Crippen LogP contribution in [0.15, 0.2) is 28.8 Å². The molecule has 1 aromatic heterocycles. The molecule has 8 heteroatoms. The summed E-state index contributed by atoms with van der Waals surface area (Å²) in [5.74, 6) is 1.41. The predicted molar refractivity (Wildman–Crippen MR) is 119 cm³/mol. The minimum atomic E-state index is -0.398. The summed E-state index contributed by atoms with van der Waals surface area (Å²) in [5.41, 5.74) is 1.26. The second kappa shape index (κ2) is 10.1. The molecule has 0 spiro atoms. The molecule has 2 aliphatic rings. The zero-order valence-electron chi connectivity index (χ0n) is 18.8. The maximum absolute atomic E-state index is 12.9. The summed E-state index contributed by atoms with van der Waals surface area (Å²) >= 11 is 0. The van der Waals surface area contributed by atoms with E-state index in [4.69, 9.17) is 14.0 Å². The van der Waals surface area contributed by atoms with Crippen molar-refractivity contribution < 1.29 is 23.6 Å². The van der Waals surface area contributed by atoms with E-state index in [0.29, 0.717) is 23.7 Å². The Kier molecular flexibility index (Phi) is 6.97. The number of ether oxygens (including phenoxy) is 2. The molecule has 1 N–H and O–H groups in total. The first-order chi connectivity index (χ1) is 15.6. The van der Waals surface area contributed by atoms with E-state index in [1.54, 1.807) is 38.5 Å². The van der Waals surface area contributed by atoms with Crippen LogP contribution in [-0.2, 0) is 4.79 Å². The van der Waals surface area contributed by atoms with Crippen molar-refractivity contribution >= 4 is 17.5 Å². The van der Waals surface area contributed by atoms with E-state index >= 15 is 0 Å². The lowest BCUT2D eigenvalue weighted by Crippen LogP contribution is -2.42. The Bertz CT molecular complexity index is 929. The molecule has 8 nitrogen and oxygen atoms in total. The van der Waals surface area contributed by atoms with Gasteiger partial charge in [-0.1, -0.05) is 24.4 Å². The fraction of sp³-hybridized carbons (Fsp3) is 0.542. The Morgan fingerprint density at radius 3 is 2.41 bits per heavy atom. The van der Waals surface area contributed by atoms with Crippen LogP contribution in [0.4, 0.5) is 5.69 Å². The standard InChI is InChI=1S/C24H31N3O5/c1-30-19-11-18(12-20(13-19)31-2)25-23(28)22-14-21(26-32-22)17-9-6-10-27(15-17)24(29)16-7-4-3-5-8-16/h11-14,16-17H,3-10,15H2,1-2H3,(H,25,28)/t17-/m1/s1. The SMILES string of the molecule is COc1cc(NC(=O)c2cc([C@@H]3CCCN(C(=O)C4CCCCC4)C3)no2)cc(OC)c1. The number of nitrogens with one attached hydrogen (secondary N) is 1. The minimum absolute atomic E-state index is 0.0819. The number of anilines is 1. The molecular formula is C24H31N3O5. The molecule has 2 amide bonds. The molecule has 1 saturated carbocycles. The number of rotatable bonds is 6. The molecule has 1 saturated heterocycles. The van der Waals surface area contributed by atoms with Gasteiger partial charge in [0, 0.05) is 54.9 Å². The summed E-state index contributed by atoms with van der Waals surface area (Å²) in [7, 11) is 3.10. The van der Waals surface area contributed by atoms with E-state index in [1.165, 1.54) is 6.42 Å². The van der Waals surface area contributed by atoms with E-state index < -0.39 is 5.91 Å². The lowest BCUT2D eigenvalue weighted by Gasteiger charge is -2.35. The number of nitrogens with zero attached hydrogens (tertiary/aromatic N) is 2. The van der Waals surface area contributed by atoms with Crippen LogP contribution in [0.3, 0.4) is 0 Å². The quantitative estimate of drug-likeness (QED) is 0.721. The van der Waals surface area contributed by atoms with Crippen LogP contribution in [0.1, 0.15) is 67.1 Å². The van der Waals surface area contributed by atoms with E-state index in [1.807, 2.05) is 4.90 Å². The summed E-state index contributed by atoms with van der Waals surface area (Å²) in [6, 6.07) is 6.82. The largest absolute Gasteiger partial charge is 0.497 e. The fourth-order valence-electron chi connectivity index (χ4n) is 4.69. The molecule has 2 heterocycles. The van der Waals surface area contributed by atoms with Crippen LogP contribution in [-0.4, -0.2) is 49.2 Å². The molecule has 32 heavy (non-hydrogen) atoms. The smallest absolute Gasteiger partial charge is 0.294 e. The predicted octanol–water partition coefficient (Wildman–Crippen LogP) is 4.23. The Balaban J connectivity index is 1.40. The van der Waals surface area contributed by atoms with Gasteiger partial charge in [-0.15, -0.1) is 0 Å². The van der Waals surface area contributed by atoms with Gasteiger partial charge >= 0.3 is 0 Å². The summed E-state index contributed by atoms with van der Waals surface area (Å²) < 4.78 is 15.8. The molecule has 2 aromatic rings. The van der Waals surface area contributed by atoms with Crippen molar-refractivity contribution in [3.63, 3.8) is 0 Å². The van der Waals surface area contributed by atoms with Gasteiger partial charge in [-0.2, -0.15) is 0 Å². The summed E-state index contributed by atoms with van der Waals surface area (Å²) in [6.07, 6.45) is 7.39. The molecule has 0 radical (unpaired) electrons. The van der Waals surface area contributed by atoms with Crippen molar-refractivity contribution in [1.82, 2.24) is 10.1 Å². The first kappa shape index (κ1) is 22.2. The van der Waals surface area contributed by atoms with Crippen LogP contribution >= 0.6 is 0 Å². The normalized spacial score (nSPS) is 19.4. The number of piperidine rings is 1. The van der Waals surface area contributed by atoms with Gasteiger partial charge in [0.05, 0.1) is 19.9 Å². The Labute approximate surface area is 188 Å². The van der Waals surface area contributed by atoms with Gasteiger partial charge in [-0.05, 0) is 25.7 Å². The van der Waals surface area contributed by atoms with Crippen molar-refractivity contribution in [2.45, 2.75) is 50.9 Å². The number of amides is 2. The molecule has 0 bridgehead atoms. The maximum Gasteiger partial charge on any atom is 0.294 e. The van der Waals surface area contributed by atoms with E-state index in [2.05, 4.69) is 10.5 Å². The van der Waals surface area contributed by atoms with E-state index in [-0.39, 0.29) is 23.5 Å². The second-order valence-corrected chi connectivity index (χ2v) is 8.63. The van der Waals surface area contributed by atoms with Crippen LogP contribution < -0.4 is 14.8 Å². The van der Waals surface area contributed by atoms with Gasteiger partial charge in [0.15, 0.2) is 0 Å². The monoisotopic (exact) mass is 441 g/mol. The zero-order valence-corrected chi connectivity index (χ0v) is 18.8. The molecule has 1 aromatic carbocycles. The van der Waals surface area contributed by atoms with Crippen molar-refractivity contribution in [1.29, 1.82) is 0 Å². The number of carbonyl (C=O) groups excluding carboxylic acids is 2. The topological polar surface area (TPSA) is 93.9 Å². The molecule has 1 aliphatic carbocycles. The van der Waals surface area contributed by atoms with Crippen LogP contribution in [0.2, 0.25) is 0 Å². The highest BCUT2D eigenvalue weighted by atomic mass is 16.5. The molecule has 1 atom stereocenters. The number of hydrogen-bond donors (Lipinski definition) is 1. The lowest BCUT2D eigenvalue weighted by atomic mass is 9.87. The second-order valence-electron chi connectivity index (χ2n) is 8.63. The minimum Gasteiger partial charge on any atom is -0.497 e. The first-order valence-electron chi connectivity index (χ1n) is 11.4.